The Morgan fingerprint density at radius 1 is 0.765 bits per heavy atom. The Labute approximate surface area is 201 Å². The average Bonchev–Trinajstić information content (AvgIpc) is 2.82. The number of hydrogen-bond donors (Lipinski definition) is 0. The molecule has 0 unspecified atom stereocenters. The second-order valence-electron chi connectivity index (χ2n) is 9.80. The lowest BCUT2D eigenvalue weighted by Gasteiger charge is -2.29. The van der Waals surface area contributed by atoms with Crippen molar-refractivity contribution in [3.63, 3.8) is 0 Å². The van der Waals surface area contributed by atoms with E-state index in [1.54, 1.807) is 0 Å². The van der Waals surface area contributed by atoms with Gasteiger partial charge in [-0.25, -0.2) is 4.39 Å². The predicted molar refractivity (Wildman–Crippen MR) is 130 cm³/mol. The lowest BCUT2D eigenvalue weighted by molar-refractivity contribution is -0.275. The summed E-state index contributed by atoms with van der Waals surface area (Å²) in [4.78, 5) is 0. The van der Waals surface area contributed by atoms with E-state index in [1.165, 1.54) is 95.1 Å². The average molecular weight is 479 g/mol. The largest absolute Gasteiger partial charge is 0.573 e. The van der Waals surface area contributed by atoms with Crippen LogP contribution in [0.15, 0.2) is 42.5 Å². The molecule has 0 amide bonds. The van der Waals surface area contributed by atoms with Crippen molar-refractivity contribution in [3.8, 4) is 16.9 Å². The molecule has 0 bridgehead atoms. The van der Waals surface area contributed by atoms with Crippen LogP contribution < -0.4 is 4.74 Å². The van der Waals surface area contributed by atoms with Gasteiger partial charge in [-0.3, -0.25) is 0 Å². The first-order chi connectivity index (χ1) is 16.4. The highest BCUT2D eigenvalue weighted by atomic mass is 19.4. The molecule has 5 heteroatoms. The minimum Gasteiger partial charge on any atom is -0.403 e. The Morgan fingerprint density at radius 3 is 1.94 bits per heavy atom. The van der Waals surface area contributed by atoms with E-state index >= 15 is 0 Å². The number of halogens is 4. The normalized spacial score (nSPS) is 18.7. The van der Waals surface area contributed by atoms with Gasteiger partial charge in [0.15, 0.2) is 11.6 Å². The summed E-state index contributed by atoms with van der Waals surface area (Å²) in [6, 6.07) is 11.6. The van der Waals surface area contributed by atoms with Crippen molar-refractivity contribution < 1.29 is 22.3 Å². The van der Waals surface area contributed by atoms with Gasteiger partial charge in [0, 0.05) is 0 Å². The molecule has 34 heavy (non-hydrogen) atoms. The molecule has 0 spiro atoms. The maximum absolute atomic E-state index is 14.0. The van der Waals surface area contributed by atoms with E-state index in [0.29, 0.717) is 11.5 Å². The predicted octanol–water partition coefficient (Wildman–Crippen LogP) is 10.2. The zero-order valence-electron chi connectivity index (χ0n) is 20.3. The summed E-state index contributed by atoms with van der Waals surface area (Å²) in [5.41, 5.74) is 2.61. The summed E-state index contributed by atoms with van der Waals surface area (Å²) in [5, 5.41) is 0. The molecule has 1 fully saturated rings. The molecule has 0 saturated heterocycles. The Bertz CT molecular complexity index is 851. The van der Waals surface area contributed by atoms with Crippen molar-refractivity contribution in [1.29, 1.82) is 0 Å². The third-order valence-electron chi connectivity index (χ3n) is 7.19. The number of hydrogen-bond acceptors (Lipinski definition) is 1. The molecular weight excluding hydrogens is 440 g/mol. The number of ether oxygens (including phenoxy) is 1. The standard InChI is InChI=1S/C29H38F4O/c1-2-3-4-5-6-7-8-9-10-22-11-13-23(14-12-22)24-15-17-25(18-16-24)26-19-20-28(27(30)21-26)34-29(31,32)33/h15-23H,2-14H2,1H3/t22-,23-. The highest BCUT2D eigenvalue weighted by Gasteiger charge is 2.32. The molecule has 1 nitrogen and oxygen atoms in total. The first kappa shape index (κ1) is 26.6. The fraction of sp³-hybridized carbons (Fsp3) is 0.586. The summed E-state index contributed by atoms with van der Waals surface area (Å²) in [6.45, 7) is 2.26. The van der Waals surface area contributed by atoms with Gasteiger partial charge in [0.05, 0.1) is 0 Å². The van der Waals surface area contributed by atoms with Gasteiger partial charge in [-0.05, 0) is 66.3 Å². The number of rotatable bonds is 12. The lowest BCUT2D eigenvalue weighted by atomic mass is 9.77. The minimum absolute atomic E-state index is 0.535. The molecule has 1 saturated carbocycles. The van der Waals surface area contributed by atoms with Gasteiger partial charge in [0.2, 0.25) is 0 Å². The van der Waals surface area contributed by atoms with E-state index in [9.17, 15) is 17.6 Å². The van der Waals surface area contributed by atoms with Gasteiger partial charge < -0.3 is 4.74 Å². The first-order valence-electron chi connectivity index (χ1n) is 13.0. The molecule has 2 aromatic rings. The molecule has 0 radical (unpaired) electrons. The summed E-state index contributed by atoms with van der Waals surface area (Å²) in [6.07, 6.45) is 12.4. The van der Waals surface area contributed by atoms with E-state index in [0.717, 1.165) is 23.6 Å². The van der Waals surface area contributed by atoms with Gasteiger partial charge in [-0.2, -0.15) is 0 Å². The molecule has 2 aromatic carbocycles. The van der Waals surface area contributed by atoms with Gasteiger partial charge >= 0.3 is 6.36 Å². The third-order valence-corrected chi connectivity index (χ3v) is 7.19. The van der Waals surface area contributed by atoms with Crippen LogP contribution in [0.25, 0.3) is 11.1 Å². The van der Waals surface area contributed by atoms with Crippen LogP contribution in [0.2, 0.25) is 0 Å². The van der Waals surface area contributed by atoms with Gasteiger partial charge in [0.1, 0.15) is 0 Å². The second-order valence-corrected chi connectivity index (χ2v) is 9.80. The SMILES string of the molecule is CCCCCCCCCC[C@H]1CC[C@H](c2ccc(-c3ccc(OC(F)(F)F)c(F)c3)cc2)CC1. The summed E-state index contributed by atoms with van der Waals surface area (Å²) in [7, 11) is 0. The summed E-state index contributed by atoms with van der Waals surface area (Å²) < 4.78 is 54.8. The topological polar surface area (TPSA) is 9.23 Å². The van der Waals surface area contributed by atoms with Crippen molar-refractivity contribution in [2.75, 3.05) is 0 Å². The van der Waals surface area contributed by atoms with E-state index in [1.807, 2.05) is 12.1 Å². The van der Waals surface area contributed by atoms with Crippen LogP contribution in [0.3, 0.4) is 0 Å². The van der Waals surface area contributed by atoms with Crippen LogP contribution >= 0.6 is 0 Å². The zero-order chi connectivity index (χ0) is 24.4. The molecule has 0 aromatic heterocycles. The number of benzene rings is 2. The fourth-order valence-electron chi connectivity index (χ4n) is 5.19. The molecule has 1 aliphatic carbocycles. The summed E-state index contributed by atoms with van der Waals surface area (Å²) in [5.74, 6) is -0.412. The third kappa shape index (κ3) is 8.63. The maximum Gasteiger partial charge on any atom is 0.573 e. The quantitative estimate of drug-likeness (QED) is 0.218. The van der Waals surface area contributed by atoms with Crippen LogP contribution in [0.4, 0.5) is 17.6 Å². The second kappa shape index (κ2) is 13.2. The Balaban J connectivity index is 1.42. The van der Waals surface area contributed by atoms with Crippen molar-refractivity contribution in [2.45, 2.75) is 103 Å². The van der Waals surface area contributed by atoms with Gasteiger partial charge in [-0.15, -0.1) is 13.2 Å². The first-order valence-corrected chi connectivity index (χ1v) is 13.0. The van der Waals surface area contributed by atoms with Gasteiger partial charge in [-0.1, -0.05) is 95.0 Å². The molecular formula is C29H38F4O. The molecule has 0 N–H and O–H groups in total. The highest BCUT2D eigenvalue weighted by molar-refractivity contribution is 5.64. The maximum atomic E-state index is 14.0. The molecule has 1 aliphatic rings. The summed E-state index contributed by atoms with van der Waals surface area (Å²) >= 11 is 0. The highest BCUT2D eigenvalue weighted by Crippen LogP contribution is 2.38. The Kier molecular flexibility index (Phi) is 10.3. The van der Waals surface area contributed by atoms with E-state index in [-0.39, 0.29) is 0 Å². The van der Waals surface area contributed by atoms with Crippen molar-refractivity contribution >= 4 is 0 Å². The van der Waals surface area contributed by atoms with Crippen LogP contribution in [0, 0.1) is 11.7 Å². The fourth-order valence-corrected chi connectivity index (χ4v) is 5.19. The van der Waals surface area contributed by atoms with Crippen molar-refractivity contribution in [1.82, 2.24) is 0 Å². The smallest absolute Gasteiger partial charge is 0.403 e. The zero-order valence-corrected chi connectivity index (χ0v) is 20.3. The molecule has 188 valence electrons. The molecule has 0 heterocycles. The molecule has 3 rings (SSSR count). The lowest BCUT2D eigenvalue weighted by Crippen LogP contribution is -2.17. The van der Waals surface area contributed by atoms with Crippen molar-refractivity contribution in [2.24, 2.45) is 5.92 Å². The van der Waals surface area contributed by atoms with Crippen LogP contribution in [0.1, 0.15) is 102 Å². The van der Waals surface area contributed by atoms with Gasteiger partial charge in [0.25, 0.3) is 0 Å². The van der Waals surface area contributed by atoms with Crippen molar-refractivity contribution in [3.05, 3.63) is 53.8 Å². The van der Waals surface area contributed by atoms with Crippen LogP contribution in [0.5, 0.6) is 5.75 Å². The number of unbranched alkanes of at least 4 members (excludes halogenated alkanes) is 7. The minimum atomic E-state index is -4.91. The van der Waals surface area contributed by atoms with Crippen LogP contribution in [-0.2, 0) is 0 Å². The molecule has 0 atom stereocenters. The van der Waals surface area contributed by atoms with E-state index in [2.05, 4.69) is 23.8 Å². The Morgan fingerprint density at radius 2 is 1.35 bits per heavy atom. The van der Waals surface area contributed by atoms with E-state index < -0.39 is 17.9 Å². The Hall–Kier alpha value is -2.04. The van der Waals surface area contributed by atoms with Crippen LogP contribution in [-0.4, -0.2) is 6.36 Å². The number of alkyl halides is 3. The molecule has 0 aliphatic heterocycles. The monoisotopic (exact) mass is 478 g/mol. The van der Waals surface area contributed by atoms with E-state index in [4.69, 9.17) is 0 Å².